The smallest absolute Gasteiger partial charge is 0.407 e. The molecule has 1 amide bonds. The monoisotopic (exact) mass is 435 g/mol. The average Bonchev–Trinajstić information content (AvgIpc) is 3.46. The largest absolute Gasteiger partial charge is 0.493 e. The Morgan fingerprint density at radius 3 is 2.87 bits per heavy atom. The number of carbonyl (C=O) groups is 1. The number of carboxylic acid groups (broad SMARTS) is 1. The molecular formula is C20H17N7O3S. The fourth-order valence-corrected chi connectivity index (χ4v) is 4.13. The number of hydrogen-bond donors (Lipinski definition) is 4. The molecule has 0 atom stereocenters. The van der Waals surface area contributed by atoms with E-state index in [4.69, 9.17) is 5.11 Å². The summed E-state index contributed by atoms with van der Waals surface area (Å²) in [5, 5.41) is 23.3. The summed E-state index contributed by atoms with van der Waals surface area (Å²) in [7, 11) is 0. The Bertz CT molecular complexity index is 1300. The first-order valence-corrected chi connectivity index (χ1v) is 10.3. The van der Waals surface area contributed by atoms with Crippen LogP contribution in [0.2, 0.25) is 0 Å². The molecule has 0 fully saturated rings. The van der Waals surface area contributed by atoms with E-state index >= 15 is 0 Å². The molecule has 0 spiro atoms. The van der Waals surface area contributed by atoms with Gasteiger partial charge in [0, 0.05) is 25.0 Å². The lowest BCUT2D eigenvalue weighted by molar-refractivity contribution is 0.150. The Hall–Kier alpha value is -3.99. The van der Waals surface area contributed by atoms with E-state index in [1.54, 1.807) is 17.8 Å². The highest BCUT2D eigenvalue weighted by Gasteiger charge is 2.19. The van der Waals surface area contributed by atoms with Crippen LogP contribution in [0.1, 0.15) is 12.1 Å². The quantitative estimate of drug-likeness (QED) is 0.380. The van der Waals surface area contributed by atoms with E-state index in [0.717, 1.165) is 21.5 Å². The van der Waals surface area contributed by atoms with Crippen LogP contribution in [0.4, 0.5) is 16.3 Å². The normalized spacial score (nSPS) is 13.9. The average molecular weight is 435 g/mol. The Balaban J connectivity index is 1.45. The van der Waals surface area contributed by atoms with Crippen molar-refractivity contribution < 1.29 is 15.0 Å². The Labute approximate surface area is 180 Å². The first-order chi connectivity index (χ1) is 15.1. The first-order valence-electron chi connectivity index (χ1n) is 9.44. The van der Waals surface area contributed by atoms with Gasteiger partial charge in [-0.3, -0.25) is 4.98 Å². The van der Waals surface area contributed by atoms with Crippen molar-refractivity contribution in [1.82, 2.24) is 29.8 Å². The molecular weight excluding hydrogens is 418 g/mol. The summed E-state index contributed by atoms with van der Waals surface area (Å²) in [6.07, 6.45) is 6.29. The predicted molar refractivity (Wildman–Crippen MR) is 116 cm³/mol. The maximum absolute atomic E-state index is 11.1. The first kappa shape index (κ1) is 19.0. The van der Waals surface area contributed by atoms with Crippen molar-refractivity contribution in [3.63, 3.8) is 0 Å². The highest BCUT2D eigenvalue weighted by Crippen LogP contribution is 2.34. The molecule has 31 heavy (non-hydrogen) atoms. The van der Waals surface area contributed by atoms with Crippen molar-refractivity contribution in [1.29, 1.82) is 0 Å². The number of rotatable bonds is 4. The summed E-state index contributed by atoms with van der Waals surface area (Å²) in [5.74, 6) is 0.532. The van der Waals surface area contributed by atoms with Crippen molar-refractivity contribution in [3.05, 3.63) is 48.1 Å². The topological polar surface area (TPSA) is 140 Å². The van der Waals surface area contributed by atoms with E-state index in [1.807, 2.05) is 12.1 Å². The summed E-state index contributed by atoms with van der Waals surface area (Å²) < 4.78 is 0. The minimum Gasteiger partial charge on any atom is -0.493 e. The molecule has 5 heterocycles. The van der Waals surface area contributed by atoms with E-state index in [2.05, 4.69) is 30.2 Å². The molecule has 0 aliphatic carbocycles. The molecule has 0 unspecified atom stereocenters. The molecule has 4 aromatic rings. The molecule has 1 aliphatic rings. The van der Waals surface area contributed by atoms with Crippen LogP contribution in [0, 0.1) is 0 Å². The van der Waals surface area contributed by atoms with Crippen molar-refractivity contribution in [2.24, 2.45) is 0 Å². The molecule has 1 aliphatic heterocycles. The van der Waals surface area contributed by atoms with Crippen molar-refractivity contribution in [2.75, 3.05) is 18.4 Å². The standard InChI is InChI=1S/C20H17N7O3S/c28-19-13(16-8-21-10-31-16)5-12(7-22-19)25-17-14-6-15(26-18(14)24-9-23-17)11-1-3-27(4-2-11)20(29)30/h1,5-10H,2-4H2,(H,22,28)(H,29,30)(H2,23,24,25,26). The van der Waals surface area contributed by atoms with Crippen LogP contribution in [0.15, 0.2) is 42.4 Å². The van der Waals surface area contributed by atoms with Gasteiger partial charge >= 0.3 is 6.09 Å². The number of pyridine rings is 1. The number of nitrogens with zero attached hydrogens (tertiary/aromatic N) is 5. The van der Waals surface area contributed by atoms with E-state index in [9.17, 15) is 9.90 Å². The lowest BCUT2D eigenvalue weighted by Gasteiger charge is -2.23. The molecule has 4 aromatic heterocycles. The zero-order valence-corrected chi connectivity index (χ0v) is 16.9. The lowest BCUT2D eigenvalue weighted by atomic mass is 10.1. The van der Waals surface area contributed by atoms with Gasteiger partial charge in [-0.1, -0.05) is 6.08 Å². The van der Waals surface area contributed by atoms with Crippen molar-refractivity contribution in [3.8, 4) is 16.3 Å². The second-order valence-electron chi connectivity index (χ2n) is 6.96. The van der Waals surface area contributed by atoms with Gasteiger partial charge in [0.25, 0.3) is 0 Å². The Morgan fingerprint density at radius 1 is 1.23 bits per heavy atom. The van der Waals surface area contributed by atoms with Gasteiger partial charge in [0.1, 0.15) is 17.8 Å². The second kappa shape index (κ2) is 7.69. The molecule has 4 N–H and O–H groups in total. The van der Waals surface area contributed by atoms with E-state index < -0.39 is 6.09 Å². The summed E-state index contributed by atoms with van der Waals surface area (Å²) in [6, 6.07) is 3.75. The number of anilines is 2. The maximum Gasteiger partial charge on any atom is 0.407 e. The number of aromatic hydroxyl groups is 1. The number of nitrogens with one attached hydrogen (secondary N) is 2. The highest BCUT2D eigenvalue weighted by atomic mass is 32.1. The van der Waals surface area contributed by atoms with Crippen LogP contribution in [-0.2, 0) is 0 Å². The summed E-state index contributed by atoms with van der Waals surface area (Å²) in [4.78, 5) is 33.4. The zero-order valence-electron chi connectivity index (χ0n) is 16.1. The van der Waals surface area contributed by atoms with Gasteiger partial charge < -0.3 is 25.4 Å². The minimum atomic E-state index is -0.912. The number of hydrogen-bond acceptors (Lipinski definition) is 8. The fraction of sp³-hybridized carbons (Fsp3) is 0.150. The number of amides is 1. The third kappa shape index (κ3) is 3.66. The van der Waals surface area contributed by atoms with Gasteiger partial charge in [0.15, 0.2) is 0 Å². The second-order valence-corrected chi connectivity index (χ2v) is 7.85. The van der Waals surface area contributed by atoms with Gasteiger partial charge in [-0.25, -0.2) is 19.7 Å². The molecule has 156 valence electrons. The van der Waals surface area contributed by atoms with Gasteiger partial charge in [-0.15, -0.1) is 11.3 Å². The summed E-state index contributed by atoms with van der Waals surface area (Å²) in [5.41, 5.74) is 5.54. The van der Waals surface area contributed by atoms with Crippen LogP contribution in [0.3, 0.4) is 0 Å². The molecule has 5 rings (SSSR count). The SMILES string of the molecule is O=C(O)N1CC=C(c2cc3c(Nc4cnc(O)c(-c5cncs5)c4)ncnc3[nH]2)CC1. The van der Waals surface area contributed by atoms with Crippen LogP contribution in [-0.4, -0.2) is 59.2 Å². The predicted octanol–water partition coefficient (Wildman–Crippen LogP) is 3.69. The van der Waals surface area contributed by atoms with Crippen LogP contribution >= 0.6 is 11.3 Å². The Kier molecular flexibility index (Phi) is 4.71. The fourth-order valence-electron chi connectivity index (χ4n) is 3.49. The number of aromatic amines is 1. The van der Waals surface area contributed by atoms with E-state index in [0.29, 0.717) is 42.2 Å². The molecule has 11 heteroatoms. The van der Waals surface area contributed by atoms with Gasteiger partial charge in [-0.2, -0.15) is 0 Å². The number of thiazole rings is 1. The third-order valence-electron chi connectivity index (χ3n) is 5.08. The molecule has 0 saturated carbocycles. The minimum absolute atomic E-state index is 0.0637. The van der Waals surface area contributed by atoms with Crippen LogP contribution in [0.25, 0.3) is 27.0 Å². The molecule has 0 bridgehead atoms. The van der Waals surface area contributed by atoms with Gasteiger partial charge in [0.05, 0.1) is 33.2 Å². The summed E-state index contributed by atoms with van der Waals surface area (Å²) in [6.45, 7) is 0.809. The number of H-pyrrole nitrogens is 1. The van der Waals surface area contributed by atoms with E-state index in [1.165, 1.54) is 28.8 Å². The molecule has 0 radical (unpaired) electrons. The highest BCUT2D eigenvalue weighted by molar-refractivity contribution is 7.13. The Morgan fingerprint density at radius 2 is 2.13 bits per heavy atom. The number of fused-ring (bicyclic) bond motifs is 1. The van der Waals surface area contributed by atoms with Crippen LogP contribution in [0.5, 0.6) is 5.88 Å². The molecule has 0 saturated heterocycles. The lowest BCUT2D eigenvalue weighted by Crippen LogP contribution is -2.33. The van der Waals surface area contributed by atoms with Gasteiger partial charge in [0.2, 0.25) is 5.88 Å². The third-order valence-corrected chi connectivity index (χ3v) is 5.88. The van der Waals surface area contributed by atoms with Gasteiger partial charge in [-0.05, 0) is 24.1 Å². The number of aromatic nitrogens is 5. The maximum atomic E-state index is 11.1. The van der Waals surface area contributed by atoms with Crippen molar-refractivity contribution >= 4 is 45.5 Å². The van der Waals surface area contributed by atoms with E-state index in [-0.39, 0.29) is 5.88 Å². The zero-order chi connectivity index (χ0) is 21.4. The molecule has 0 aromatic carbocycles. The molecule has 10 nitrogen and oxygen atoms in total. The van der Waals surface area contributed by atoms with Crippen LogP contribution < -0.4 is 5.32 Å². The van der Waals surface area contributed by atoms with Crippen molar-refractivity contribution in [2.45, 2.75) is 6.42 Å². The summed E-state index contributed by atoms with van der Waals surface area (Å²) >= 11 is 1.41.